The van der Waals surface area contributed by atoms with Gasteiger partial charge in [-0.25, -0.2) is 9.97 Å². The van der Waals surface area contributed by atoms with Crippen molar-refractivity contribution in [2.75, 3.05) is 19.8 Å². The van der Waals surface area contributed by atoms with Crippen LogP contribution in [-0.2, 0) is 11.2 Å². The molecule has 0 bridgehead atoms. The van der Waals surface area contributed by atoms with Gasteiger partial charge in [0, 0.05) is 44.4 Å². The first-order valence-corrected chi connectivity index (χ1v) is 8.89. The molecule has 26 heavy (non-hydrogen) atoms. The molecule has 1 N–H and O–H groups in total. The van der Waals surface area contributed by atoms with Crippen LogP contribution in [0.3, 0.4) is 0 Å². The minimum Gasteiger partial charge on any atom is -0.381 e. The number of hydrogen-bond acceptors (Lipinski definition) is 5. The van der Waals surface area contributed by atoms with E-state index in [0.717, 1.165) is 49.2 Å². The summed E-state index contributed by atoms with van der Waals surface area (Å²) in [6.07, 6.45) is 9.66. The normalized spacial score (nSPS) is 15.2. The van der Waals surface area contributed by atoms with Crippen LogP contribution in [0.25, 0.3) is 11.2 Å². The zero-order chi connectivity index (χ0) is 17.8. The highest BCUT2D eigenvalue weighted by atomic mass is 16.5. The highest BCUT2D eigenvalue weighted by molar-refractivity contribution is 5.96. The van der Waals surface area contributed by atoms with Gasteiger partial charge in [-0.2, -0.15) is 0 Å². The van der Waals surface area contributed by atoms with Crippen molar-refractivity contribution < 1.29 is 9.53 Å². The topological polar surface area (TPSA) is 81.9 Å². The van der Waals surface area contributed by atoms with Crippen molar-refractivity contribution in [3.63, 3.8) is 0 Å². The van der Waals surface area contributed by atoms with Crippen molar-refractivity contribution in [3.8, 4) is 0 Å². The van der Waals surface area contributed by atoms with Crippen LogP contribution in [0, 0.1) is 0 Å². The third-order valence-corrected chi connectivity index (χ3v) is 4.68. The van der Waals surface area contributed by atoms with E-state index in [-0.39, 0.29) is 5.91 Å². The minimum absolute atomic E-state index is 0.135. The van der Waals surface area contributed by atoms with Gasteiger partial charge in [0.1, 0.15) is 5.52 Å². The number of imidazole rings is 1. The Morgan fingerprint density at radius 1 is 1.27 bits per heavy atom. The Morgan fingerprint density at radius 3 is 2.96 bits per heavy atom. The Balaban J connectivity index is 1.42. The van der Waals surface area contributed by atoms with E-state index in [2.05, 4.69) is 24.8 Å². The first-order valence-electron chi connectivity index (χ1n) is 8.89. The third-order valence-electron chi connectivity index (χ3n) is 4.68. The lowest BCUT2D eigenvalue weighted by atomic mass is 10.1. The maximum absolute atomic E-state index is 12.4. The molecule has 0 aromatic carbocycles. The van der Waals surface area contributed by atoms with Crippen LogP contribution in [0.1, 0.15) is 34.8 Å². The fraction of sp³-hybridized carbons (Fsp3) is 0.368. The Morgan fingerprint density at radius 2 is 2.15 bits per heavy atom. The summed E-state index contributed by atoms with van der Waals surface area (Å²) in [6, 6.07) is 6.05. The van der Waals surface area contributed by atoms with Crippen LogP contribution in [0.4, 0.5) is 0 Å². The molecule has 4 rings (SSSR count). The predicted molar refractivity (Wildman–Crippen MR) is 96.9 cm³/mol. The lowest BCUT2D eigenvalue weighted by Gasteiger charge is -2.23. The molecular formula is C19H21N5O2. The number of pyridine rings is 2. The van der Waals surface area contributed by atoms with Crippen molar-refractivity contribution >= 4 is 17.1 Å². The molecule has 0 aliphatic carbocycles. The van der Waals surface area contributed by atoms with Gasteiger partial charge in [0.05, 0.1) is 11.9 Å². The molecule has 134 valence electrons. The second-order valence-corrected chi connectivity index (χ2v) is 6.43. The van der Waals surface area contributed by atoms with Crippen LogP contribution in [0.5, 0.6) is 0 Å². The summed E-state index contributed by atoms with van der Waals surface area (Å²) in [6.45, 7) is 2.09. The van der Waals surface area contributed by atoms with Gasteiger partial charge in [0.2, 0.25) is 0 Å². The maximum atomic E-state index is 12.4. The van der Waals surface area contributed by atoms with Gasteiger partial charge < -0.3 is 14.6 Å². The summed E-state index contributed by atoms with van der Waals surface area (Å²) in [5.41, 5.74) is 3.19. The Bertz CT molecular complexity index is 887. The molecule has 3 aromatic heterocycles. The molecule has 0 unspecified atom stereocenters. The van der Waals surface area contributed by atoms with Crippen molar-refractivity contribution in [3.05, 3.63) is 54.2 Å². The summed E-state index contributed by atoms with van der Waals surface area (Å²) < 4.78 is 7.52. The van der Waals surface area contributed by atoms with Crippen LogP contribution < -0.4 is 5.32 Å². The van der Waals surface area contributed by atoms with Crippen molar-refractivity contribution in [1.29, 1.82) is 0 Å². The fourth-order valence-electron chi connectivity index (χ4n) is 3.24. The standard InChI is InChI=1S/C19H21N5O2/c25-19(21-7-3-14-2-1-6-20-11-14)15-10-17-18(22-12-15)24(13-23-17)16-4-8-26-9-5-16/h1-2,6,10-13,16H,3-5,7-9H2,(H,21,25). The van der Waals surface area contributed by atoms with E-state index in [1.54, 1.807) is 18.5 Å². The average Bonchev–Trinajstić information content (AvgIpc) is 3.12. The monoisotopic (exact) mass is 351 g/mol. The van der Waals surface area contributed by atoms with Gasteiger partial charge in [-0.05, 0) is 37.0 Å². The molecule has 1 amide bonds. The number of rotatable bonds is 5. The summed E-state index contributed by atoms with van der Waals surface area (Å²) in [5.74, 6) is -0.135. The SMILES string of the molecule is O=C(NCCc1cccnc1)c1cnc2c(c1)ncn2C1CCOCC1. The second-order valence-electron chi connectivity index (χ2n) is 6.43. The van der Waals surface area contributed by atoms with E-state index < -0.39 is 0 Å². The molecule has 0 atom stereocenters. The number of carbonyl (C=O) groups excluding carboxylic acids is 1. The third kappa shape index (κ3) is 3.57. The lowest BCUT2D eigenvalue weighted by molar-refractivity contribution is 0.0704. The Hall–Kier alpha value is -2.80. The smallest absolute Gasteiger partial charge is 0.252 e. The number of nitrogens with one attached hydrogen (secondary N) is 1. The summed E-state index contributed by atoms with van der Waals surface area (Å²) in [7, 11) is 0. The van der Waals surface area contributed by atoms with E-state index >= 15 is 0 Å². The molecule has 0 spiro atoms. The van der Waals surface area contributed by atoms with Crippen LogP contribution in [0.15, 0.2) is 43.1 Å². The molecule has 1 saturated heterocycles. The molecule has 1 aliphatic heterocycles. The van der Waals surface area contributed by atoms with Gasteiger partial charge >= 0.3 is 0 Å². The highest BCUT2D eigenvalue weighted by Crippen LogP contribution is 2.24. The second kappa shape index (κ2) is 7.61. The minimum atomic E-state index is -0.135. The molecular weight excluding hydrogens is 330 g/mol. The zero-order valence-corrected chi connectivity index (χ0v) is 14.5. The van der Waals surface area contributed by atoms with Crippen molar-refractivity contribution in [2.45, 2.75) is 25.3 Å². The summed E-state index contributed by atoms with van der Waals surface area (Å²) >= 11 is 0. The largest absolute Gasteiger partial charge is 0.381 e. The number of amides is 1. The molecule has 7 nitrogen and oxygen atoms in total. The first kappa shape index (κ1) is 16.7. The van der Waals surface area contributed by atoms with Gasteiger partial charge in [-0.1, -0.05) is 6.07 Å². The molecule has 0 radical (unpaired) electrons. The number of carbonyl (C=O) groups is 1. The molecule has 3 aromatic rings. The fourth-order valence-corrected chi connectivity index (χ4v) is 3.24. The Kier molecular flexibility index (Phi) is 4.88. The number of nitrogens with zero attached hydrogens (tertiary/aromatic N) is 4. The van der Waals surface area contributed by atoms with E-state index in [1.165, 1.54) is 0 Å². The Labute approximate surface area is 151 Å². The van der Waals surface area contributed by atoms with E-state index in [9.17, 15) is 4.79 Å². The number of hydrogen-bond donors (Lipinski definition) is 1. The molecule has 1 aliphatic rings. The van der Waals surface area contributed by atoms with Crippen molar-refractivity contribution in [2.24, 2.45) is 0 Å². The molecule has 7 heteroatoms. The maximum Gasteiger partial charge on any atom is 0.252 e. The molecule has 4 heterocycles. The predicted octanol–water partition coefficient (Wildman–Crippen LogP) is 2.15. The van der Waals surface area contributed by atoms with Gasteiger partial charge in [0.15, 0.2) is 5.65 Å². The zero-order valence-electron chi connectivity index (χ0n) is 14.5. The van der Waals surface area contributed by atoms with Crippen LogP contribution in [-0.4, -0.2) is 45.2 Å². The summed E-state index contributed by atoms with van der Waals surface area (Å²) in [5, 5.41) is 2.92. The number of fused-ring (bicyclic) bond motifs is 1. The molecule has 0 saturated carbocycles. The van der Waals surface area contributed by atoms with Gasteiger partial charge in [-0.3, -0.25) is 9.78 Å². The van der Waals surface area contributed by atoms with Gasteiger partial charge in [-0.15, -0.1) is 0 Å². The number of ether oxygens (including phenoxy) is 1. The quantitative estimate of drug-likeness (QED) is 0.762. The van der Waals surface area contributed by atoms with Crippen LogP contribution in [0.2, 0.25) is 0 Å². The van der Waals surface area contributed by atoms with Gasteiger partial charge in [0.25, 0.3) is 5.91 Å². The molecule has 1 fully saturated rings. The van der Waals surface area contributed by atoms with E-state index in [0.29, 0.717) is 18.2 Å². The first-order chi connectivity index (χ1) is 12.8. The van der Waals surface area contributed by atoms with E-state index in [1.807, 2.05) is 24.7 Å². The lowest BCUT2D eigenvalue weighted by Crippen LogP contribution is -2.25. The van der Waals surface area contributed by atoms with Crippen molar-refractivity contribution in [1.82, 2.24) is 24.8 Å². The van der Waals surface area contributed by atoms with E-state index in [4.69, 9.17) is 4.74 Å². The van der Waals surface area contributed by atoms with Crippen LogP contribution >= 0.6 is 0 Å². The summed E-state index contributed by atoms with van der Waals surface area (Å²) in [4.78, 5) is 25.4. The number of aromatic nitrogens is 4. The highest BCUT2D eigenvalue weighted by Gasteiger charge is 2.19. The average molecular weight is 351 g/mol.